The monoisotopic (exact) mass is 382 g/mol. The molecule has 1 aromatic heterocycles. The number of nitrogens with one attached hydrogen (secondary N) is 1. The van der Waals surface area contributed by atoms with E-state index >= 15 is 0 Å². The van der Waals surface area contributed by atoms with Gasteiger partial charge in [-0.15, -0.1) is 0 Å². The number of halogens is 1. The van der Waals surface area contributed by atoms with Crippen molar-refractivity contribution >= 4 is 39.3 Å². The molecule has 0 bridgehead atoms. The highest BCUT2D eigenvalue weighted by molar-refractivity contribution is 9.10. The lowest BCUT2D eigenvalue weighted by Gasteiger charge is -2.11. The van der Waals surface area contributed by atoms with Crippen molar-refractivity contribution in [3.8, 4) is 11.5 Å². The first-order valence-electron chi connectivity index (χ1n) is 6.38. The average Bonchev–Trinajstić information content (AvgIpc) is 2.54. The molecule has 1 aromatic carbocycles. The topological polar surface area (TPSA) is 60.5 Å². The number of aromatic nitrogens is 1. The van der Waals surface area contributed by atoms with Gasteiger partial charge in [-0.1, -0.05) is 11.8 Å². The zero-order valence-electron chi connectivity index (χ0n) is 12.1. The lowest BCUT2D eigenvalue weighted by molar-refractivity contribution is -0.113. The van der Waals surface area contributed by atoms with Crippen LogP contribution < -0.4 is 14.8 Å². The highest BCUT2D eigenvalue weighted by Gasteiger charge is 2.10. The molecule has 116 valence electrons. The number of rotatable bonds is 6. The van der Waals surface area contributed by atoms with Gasteiger partial charge in [-0.3, -0.25) is 4.79 Å². The summed E-state index contributed by atoms with van der Waals surface area (Å²) in [6, 6.07) is 8.98. The summed E-state index contributed by atoms with van der Waals surface area (Å²) in [4.78, 5) is 16.3. The number of thioether (sulfide) groups is 1. The molecule has 22 heavy (non-hydrogen) atoms. The molecule has 0 aliphatic heterocycles. The zero-order chi connectivity index (χ0) is 15.9. The number of methoxy groups -OCH3 is 2. The number of anilines is 1. The van der Waals surface area contributed by atoms with Crippen LogP contribution in [0.1, 0.15) is 0 Å². The van der Waals surface area contributed by atoms with Crippen LogP contribution in [0.25, 0.3) is 0 Å². The summed E-state index contributed by atoms with van der Waals surface area (Å²) in [5, 5.41) is 3.60. The summed E-state index contributed by atoms with van der Waals surface area (Å²) >= 11 is 4.69. The molecule has 1 heterocycles. The number of hydrogen-bond donors (Lipinski definition) is 1. The van der Waals surface area contributed by atoms with E-state index in [1.807, 2.05) is 12.1 Å². The van der Waals surface area contributed by atoms with E-state index < -0.39 is 0 Å². The maximum atomic E-state index is 12.1. The SMILES string of the molecule is COc1ccc(OC)c(NC(=O)CSc2ccc(Br)cn2)c1. The summed E-state index contributed by atoms with van der Waals surface area (Å²) in [6.45, 7) is 0. The number of ether oxygens (including phenoxy) is 2. The minimum absolute atomic E-state index is 0.138. The molecule has 0 saturated heterocycles. The van der Waals surface area contributed by atoms with Crippen LogP contribution in [-0.4, -0.2) is 30.9 Å². The average molecular weight is 383 g/mol. The fourth-order valence-electron chi connectivity index (χ4n) is 1.69. The Bertz CT molecular complexity index is 650. The minimum atomic E-state index is -0.138. The lowest BCUT2D eigenvalue weighted by Crippen LogP contribution is -2.14. The van der Waals surface area contributed by atoms with Gasteiger partial charge in [0.15, 0.2) is 0 Å². The van der Waals surface area contributed by atoms with E-state index in [0.717, 1.165) is 9.50 Å². The van der Waals surface area contributed by atoms with Crippen LogP contribution in [0.2, 0.25) is 0 Å². The molecular weight excluding hydrogens is 368 g/mol. The fourth-order valence-corrected chi connectivity index (χ4v) is 2.56. The predicted molar refractivity (Wildman–Crippen MR) is 90.8 cm³/mol. The van der Waals surface area contributed by atoms with Crippen LogP contribution in [0.4, 0.5) is 5.69 Å². The number of amides is 1. The predicted octanol–water partition coefficient (Wildman–Crippen LogP) is 3.59. The van der Waals surface area contributed by atoms with Gasteiger partial charge in [0.05, 0.1) is 30.7 Å². The first-order chi connectivity index (χ1) is 10.6. The molecule has 0 saturated carbocycles. The van der Waals surface area contributed by atoms with E-state index in [2.05, 4.69) is 26.2 Å². The number of hydrogen-bond acceptors (Lipinski definition) is 5. The molecule has 5 nitrogen and oxygen atoms in total. The van der Waals surface area contributed by atoms with Gasteiger partial charge in [0, 0.05) is 16.7 Å². The summed E-state index contributed by atoms with van der Waals surface area (Å²) in [5.41, 5.74) is 0.580. The number of carbonyl (C=O) groups excluding carboxylic acids is 1. The maximum Gasteiger partial charge on any atom is 0.234 e. The number of nitrogens with zero attached hydrogens (tertiary/aromatic N) is 1. The summed E-state index contributed by atoms with van der Waals surface area (Å²) in [7, 11) is 3.13. The van der Waals surface area contributed by atoms with Crippen LogP contribution in [-0.2, 0) is 4.79 Å². The number of benzene rings is 1. The van der Waals surface area contributed by atoms with Crippen LogP contribution in [0.3, 0.4) is 0 Å². The van der Waals surface area contributed by atoms with Gasteiger partial charge in [-0.05, 0) is 40.2 Å². The van der Waals surface area contributed by atoms with E-state index in [1.54, 1.807) is 38.6 Å². The third kappa shape index (κ3) is 4.64. The summed E-state index contributed by atoms with van der Waals surface area (Å²) < 4.78 is 11.3. The summed E-state index contributed by atoms with van der Waals surface area (Å²) in [6.07, 6.45) is 1.70. The van der Waals surface area contributed by atoms with Crippen molar-refractivity contribution in [3.05, 3.63) is 41.0 Å². The van der Waals surface area contributed by atoms with E-state index in [1.165, 1.54) is 11.8 Å². The Kier molecular flexibility index (Phi) is 6.09. The Balaban J connectivity index is 1.98. The highest BCUT2D eigenvalue weighted by atomic mass is 79.9. The Morgan fingerprint density at radius 1 is 1.27 bits per heavy atom. The standard InChI is InChI=1S/C15H15BrN2O3S/c1-20-11-4-5-13(21-2)12(7-11)18-14(19)9-22-15-6-3-10(16)8-17-15/h3-8H,9H2,1-2H3,(H,18,19). The molecule has 0 atom stereocenters. The quantitative estimate of drug-likeness (QED) is 0.773. The molecule has 2 rings (SSSR count). The Morgan fingerprint density at radius 3 is 2.73 bits per heavy atom. The third-order valence-corrected chi connectivity index (χ3v) is 4.14. The van der Waals surface area contributed by atoms with Crippen molar-refractivity contribution in [1.82, 2.24) is 4.98 Å². The van der Waals surface area contributed by atoms with Crippen molar-refractivity contribution in [2.75, 3.05) is 25.3 Å². The molecule has 0 aliphatic carbocycles. The number of pyridine rings is 1. The van der Waals surface area contributed by atoms with Gasteiger partial charge in [0.25, 0.3) is 0 Å². The van der Waals surface area contributed by atoms with Gasteiger partial charge >= 0.3 is 0 Å². The first-order valence-corrected chi connectivity index (χ1v) is 8.16. The second-order valence-electron chi connectivity index (χ2n) is 4.22. The van der Waals surface area contributed by atoms with E-state index in [0.29, 0.717) is 17.2 Å². The van der Waals surface area contributed by atoms with Crippen LogP contribution in [0.5, 0.6) is 11.5 Å². The first kappa shape index (κ1) is 16.6. The molecule has 0 fully saturated rings. The van der Waals surface area contributed by atoms with Crippen LogP contribution in [0, 0.1) is 0 Å². The fraction of sp³-hybridized carbons (Fsp3) is 0.200. The van der Waals surface area contributed by atoms with Gasteiger partial charge < -0.3 is 14.8 Å². The minimum Gasteiger partial charge on any atom is -0.497 e. The van der Waals surface area contributed by atoms with E-state index in [-0.39, 0.29) is 11.7 Å². The third-order valence-electron chi connectivity index (χ3n) is 2.73. The molecule has 0 unspecified atom stereocenters. The van der Waals surface area contributed by atoms with Crippen LogP contribution in [0.15, 0.2) is 46.0 Å². The van der Waals surface area contributed by atoms with Gasteiger partial charge in [-0.2, -0.15) is 0 Å². The van der Waals surface area contributed by atoms with Crippen molar-refractivity contribution in [3.63, 3.8) is 0 Å². The zero-order valence-corrected chi connectivity index (χ0v) is 14.5. The smallest absolute Gasteiger partial charge is 0.234 e. The van der Waals surface area contributed by atoms with Crippen LogP contribution >= 0.6 is 27.7 Å². The largest absolute Gasteiger partial charge is 0.497 e. The summed E-state index contributed by atoms with van der Waals surface area (Å²) in [5.74, 6) is 1.36. The maximum absolute atomic E-state index is 12.1. The van der Waals surface area contributed by atoms with E-state index in [4.69, 9.17) is 9.47 Å². The molecule has 7 heteroatoms. The Morgan fingerprint density at radius 2 is 2.09 bits per heavy atom. The molecule has 0 radical (unpaired) electrons. The van der Waals surface area contributed by atoms with Crippen molar-refractivity contribution in [2.24, 2.45) is 0 Å². The second kappa shape index (κ2) is 8.05. The Hall–Kier alpha value is -1.73. The lowest BCUT2D eigenvalue weighted by atomic mass is 10.2. The van der Waals surface area contributed by atoms with Gasteiger partial charge in [0.1, 0.15) is 11.5 Å². The van der Waals surface area contributed by atoms with Gasteiger partial charge in [-0.25, -0.2) is 4.98 Å². The second-order valence-corrected chi connectivity index (χ2v) is 6.13. The molecule has 0 spiro atoms. The molecule has 1 N–H and O–H groups in total. The molecule has 1 amide bonds. The van der Waals surface area contributed by atoms with Crippen molar-refractivity contribution in [1.29, 1.82) is 0 Å². The van der Waals surface area contributed by atoms with Gasteiger partial charge in [0.2, 0.25) is 5.91 Å². The molecular formula is C15H15BrN2O3S. The van der Waals surface area contributed by atoms with E-state index in [9.17, 15) is 4.79 Å². The van der Waals surface area contributed by atoms with Crippen molar-refractivity contribution in [2.45, 2.75) is 5.03 Å². The normalized spacial score (nSPS) is 10.1. The molecule has 0 aliphatic rings. The molecule has 2 aromatic rings. The highest BCUT2D eigenvalue weighted by Crippen LogP contribution is 2.29. The Labute approximate surface area is 141 Å². The van der Waals surface area contributed by atoms with Crippen molar-refractivity contribution < 1.29 is 14.3 Å². The number of carbonyl (C=O) groups is 1.